The molecule has 0 atom stereocenters. The molecule has 0 radical (unpaired) electrons. The molecule has 10 heteroatoms. The van der Waals surface area contributed by atoms with Crippen molar-refractivity contribution in [2.75, 3.05) is 44.4 Å². The Morgan fingerprint density at radius 1 is 1.03 bits per heavy atom. The van der Waals surface area contributed by atoms with E-state index in [1.807, 2.05) is 0 Å². The normalized spacial score (nSPS) is 14.9. The van der Waals surface area contributed by atoms with E-state index in [1.165, 1.54) is 33.5 Å². The van der Waals surface area contributed by atoms with Crippen molar-refractivity contribution in [2.24, 2.45) is 0 Å². The van der Waals surface area contributed by atoms with Gasteiger partial charge in [0.1, 0.15) is 5.82 Å². The third-order valence-corrected chi connectivity index (χ3v) is 5.96. The number of carbonyl (C=O) groups is 2. The van der Waals surface area contributed by atoms with Crippen molar-refractivity contribution in [3.05, 3.63) is 59.9 Å². The molecule has 1 heterocycles. The molecule has 0 spiro atoms. The summed E-state index contributed by atoms with van der Waals surface area (Å²) >= 11 is 0. The van der Waals surface area contributed by atoms with E-state index in [-0.39, 0.29) is 43.5 Å². The first-order valence-corrected chi connectivity index (χ1v) is 11.1. The molecular formula is C20H22FN3O5S. The minimum atomic E-state index is -3.29. The molecule has 1 amide bonds. The maximum absolute atomic E-state index is 13.1. The van der Waals surface area contributed by atoms with Crippen LogP contribution in [0.4, 0.5) is 15.8 Å². The molecule has 1 aliphatic rings. The number of anilines is 2. The molecule has 0 unspecified atom stereocenters. The Morgan fingerprint density at radius 3 is 2.30 bits per heavy atom. The number of hydrogen-bond acceptors (Lipinski definition) is 6. The van der Waals surface area contributed by atoms with E-state index < -0.39 is 22.6 Å². The van der Waals surface area contributed by atoms with E-state index in [0.29, 0.717) is 11.4 Å². The van der Waals surface area contributed by atoms with Crippen molar-refractivity contribution in [1.82, 2.24) is 9.21 Å². The monoisotopic (exact) mass is 435 g/mol. The van der Waals surface area contributed by atoms with Crippen LogP contribution in [0, 0.1) is 5.82 Å². The number of nitrogens with zero attached hydrogens (tertiary/aromatic N) is 2. The van der Waals surface area contributed by atoms with Crippen LogP contribution in [-0.4, -0.2) is 68.5 Å². The Kier molecular flexibility index (Phi) is 6.68. The molecule has 0 aromatic heterocycles. The predicted octanol–water partition coefficient (Wildman–Crippen LogP) is 1.83. The van der Waals surface area contributed by atoms with Gasteiger partial charge in [0, 0.05) is 31.9 Å². The van der Waals surface area contributed by atoms with Crippen LogP contribution in [0.1, 0.15) is 10.4 Å². The van der Waals surface area contributed by atoms with Gasteiger partial charge in [-0.25, -0.2) is 17.6 Å². The highest BCUT2D eigenvalue weighted by Gasteiger charge is 2.26. The largest absolute Gasteiger partial charge is 0.452 e. The van der Waals surface area contributed by atoms with Crippen molar-refractivity contribution < 1.29 is 27.1 Å². The Labute approximate surface area is 174 Å². The van der Waals surface area contributed by atoms with Crippen LogP contribution >= 0.6 is 0 Å². The number of carbonyl (C=O) groups excluding carboxylic acids is 2. The lowest BCUT2D eigenvalue weighted by atomic mass is 10.1. The van der Waals surface area contributed by atoms with Crippen molar-refractivity contribution in [3.63, 3.8) is 0 Å². The summed E-state index contributed by atoms with van der Waals surface area (Å²) < 4.78 is 42.6. The maximum Gasteiger partial charge on any atom is 0.340 e. The molecule has 30 heavy (non-hydrogen) atoms. The standard InChI is InChI=1S/C20H22FN3O5S/c1-30(27,28)24-12-10-23(11-13-24)19(25)14-29-20(26)17-4-2-3-5-18(17)22-16-8-6-15(21)7-9-16/h2-9,22H,10-14H2,1H3. The SMILES string of the molecule is CS(=O)(=O)N1CCN(C(=O)COC(=O)c2ccccc2Nc2ccc(F)cc2)CC1. The van der Waals surface area contributed by atoms with Gasteiger partial charge in [-0.1, -0.05) is 12.1 Å². The Balaban J connectivity index is 1.58. The van der Waals surface area contributed by atoms with Gasteiger partial charge in [-0.15, -0.1) is 0 Å². The van der Waals surface area contributed by atoms with Crippen LogP contribution in [0.15, 0.2) is 48.5 Å². The summed E-state index contributed by atoms with van der Waals surface area (Å²) in [6.07, 6.45) is 1.13. The van der Waals surface area contributed by atoms with E-state index in [0.717, 1.165) is 6.26 Å². The van der Waals surface area contributed by atoms with Crippen LogP contribution in [0.5, 0.6) is 0 Å². The molecule has 2 aromatic rings. The maximum atomic E-state index is 13.1. The average molecular weight is 435 g/mol. The summed E-state index contributed by atoms with van der Waals surface area (Å²) in [4.78, 5) is 26.3. The fourth-order valence-corrected chi connectivity index (χ4v) is 3.85. The zero-order valence-electron chi connectivity index (χ0n) is 16.4. The first-order chi connectivity index (χ1) is 14.2. The van der Waals surface area contributed by atoms with Gasteiger partial charge >= 0.3 is 5.97 Å². The highest BCUT2D eigenvalue weighted by atomic mass is 32.2. The summed E-state index contributed by atoms with van der Waals surface area (Å²) in [6, 6.07) is 12.3. The number of piperazine rings is 1. The topological polar surface area (TPSA) is 96.0 Å². The minimum absolute atomic E-state index is 0.211. The summed E-state index contributed by atoms with van der Waals surface area (Å²) in [7, 11) is -3.29. The molecule has 1 fully saturated rings. The van der Waals surface area contributed by atoms with Crippen LogP contribution in [0.25, 0.3) is 0 Å². The number of sulfonamides is 1. The molecule has 0 aliphatic carbocycles. The van der Waals surface area contributed by atoms with Gasteiger partial charge in [-0.05, 0) is 36.4 Å². The average Bonchev–Trinajstić information content (AvgIpc) is 2.73. The quantitative estimate of drug-likeness (QED) is 0.696. The smallest absolute Gasteiger partial charge is 0.340 e. The van der Waals surface area contributed by atoms with E-state index in [9.17, 15) is 22.4 Å². The predicted molar refractivity (Wildman–Crippen MR) is 109 cm³/mol. The lowest BCUT2D eigenvalue weighted by Gasteiger charge is -2.33. The fraction of sp³-hybridized carbons (Fsp3) is 0.300. The Hall–Kier alpha value is -2.98. The number of para-hydroxylation sites is 1. The summed E-state index contributed by atoms with van der Waals surface area (Å²) in [5.41, 5.74) is 1.29. The van der Waals surface area contributed by atoms with Gasteiger partial charge in [0.2, 0.25) is 10.0 Å². The zero-order chi connectivity index (χ0) is 21.7. The molecule has 1 N–H and O–H groups in total. The number of esters is 1. The number of halogens is 1. The molecule has 8 nitrogen and oxygen atoms in total. The van der Waals surface area contributed by atoms with Gasteiger partial charge < -0.3 is 15.0 Å². The third-order valence-electron chi connectivity index (χ3n) is 4.66. The Morgan fingerprint density at radius 2 is 1.67 bits per heavy atom. The van der Waals surface area contributed by atoms with Crippen LogP contribution < -0.4 is 5.32 Å². The highest BCUT2D eigenvalue weighted by Crippen LogP contribution is 2.22. The van der Waals surface area contributed by atoms with Crippen molar-refractivity contribution in [3.8, 4) is 0 Å². The zero-order valence-corrected chi connectivity index (χ0v) is 17.2. The first kappa shape index (κ1) is 21.7. The van der Waals surface area contributed by atoms with Gasteiger partial charge in [0.05, 0.1) is 17.5 Å². The lowest BCUT2D eigenvalue weighted by Crippen LogP contribution is -2.51. The van der Waals surface area contributed by atoms with Crippen LogP contribution in [-0.2, 0) is 19.6 Å². The molecule has 2 aromatic carbocycles. The van der Waals surface area contributed by atoms with Gasteiger partial charge in [0.15, 0.2) is 6.61 Å². The first-order valence-electron chi connectivity index (χ1n) is 9.25. The molecular weight excluding hydrogens is 413 g/mol. The number of ether oxygens (including phenoxy) is 1. The van der Waals surface area contributed by atoms with Crippen LogP contribution in [0.2, 0.25) is 0 Å². The van der Waals surface area contributed by atoms with E-state index >= 15 is 0 Å². The van der Waals surface area contributed by atoms with Crippen LogP contribution in [0.3, 0.4) is 0 Å². The van der Waals surface area contributed by atoms with Gasteiger partial charge in [0.25, 0.3) is 5.91 Å². The van der Waals surface area contributed by atoms with Crippen molar-refractivity contribution in [2.45, 2.75) is 0 Å². The molecule has 3 rings (SSSR count). The fourth-order valence-electron chi connectivity index (χ4n) is 3.02. The number of benzene rings is 2. The third kappa shape index (κ3) is 5.55. The van der Waals surface area contributed by atoms with E-state index in [2.05, 4.69) is 5.32 Å². The summed E-state index contributed by atoms with van der Waals surface area (Å²) in [6.45, 7) is 0.465. The second-order valence-corrected chi connectivity index (χ2v) is 8.78. The summed E-state index contributed by atoms with van der Waals surface area (Å²) in [5.74, 6) is -1.44. The number of hydrogen-bond donors (Lipinski definition) is 1. The molecule has 0 saturated carbocycles. The van der Waals surface area contributed by atoms with Crippen molar-refractivity contribution in [1.29, 1.82) is 0 Å². The molecule has 0 bridgehead atoms. The minimum Gasteiger partial charge on any atom is -0.452 e. The highest BCUT2D eigenvalue weighted by molar-refractivity contribution is 7.88. The van der Waals surface area contributed by atoms with E-state index in [1.54, 1.807) is 24.3 Å². The molecule has 1 aliphatic heterocycles. The molecule has 1 saturated heterocycles. The second kappa shape index (κ2) is 9.23. The number of rotatable bonds is 6. The summed E-state index contributed by atoms with van der Waals surface area (Å²) in [5, 5.41) is 3.03. The second-order valence-electron chi connectivity index (χ2n) is 6.80. The lowest BCUT2D eigenvalue weighted by molar-refractivity contribution is -0.135. The van der Waals surface area contributed by atoms with Gasteiger partial charge in [-0.2, -0.15) is 4.31 Å². The number of nitrogens with one attached hydrogen (secondary N) is 1. The van der Waals surface area contributed by atoms with Crippen molar-refractivity contribution >= 4 is 33.3 Å². The molecule has 160 valence electrons. The number of amides is 1. The van der Waals surface area contributed by atoms with Gasteiger partial charge in [-0.3, -0.25) is 4.79 Å². The van der Waals surface area contributed by atoms with E-state index in [4.69, 9.17) is 4.74 Å². The Bertz CT molecular complexity index is 1020.